The Balaban J connectivity index is 2.18. The number of nitrogens with two attached hydrogens (primary N) is 1. The summed E-state index contributed by atoms with van der Waals surface area (Å²) >= 11 is 0. The van der Waals surface area contributed by atoms with Crippen molar-refractivity contribution in [3.63, 3.8) is 0 Å². The Hall–Kier alpha value is -1.53. The maximum atomic E-state index is 13.1. The van der Waals surface area contributed by atoms with E-state index in [0.717, 1.165) is 6.20 Å². The van der Waals surface area contributed by atoms with Gasteiger partial charge in [0, 0.05) is 25.8 Å². The maximum Gasteiger partial charge on any atom is 0.255 e. The quantitative estimate of drug-likeness (QED) is 0.860. The van der Waals surface area contributed by atoms with Crippen molar-refractivity contribution in [3.05, 3.63) is 29.8 Å². The number of hydrogen-bond acceptors (Lipinski definition) is 4. The van der Waals surface area contributed by atoms with E-state index in [0.29, 0.717) is 19.6 Å². The van der Waals surface area contributed by atoms with Gasteiger partial charge in [0.25, 0.3) is 5.91 Å². The van der Waals surface area contributed by atoms with Crippen LogP contribution in [0.4, 0.5) is 4.39 Å². The van der Waals surface area contributed by atoms with Gasteiger partial charge in [-0.3, -0.25) is 9.78 Å². The number of halogens is 1. The molecule has 1 aliphatic rings. The highest BCUT2D eigenvalue weighted by atomic mass is 19.1. The number of morpholine rings is 1. The van der Waals surface area contributed by atoms with Gasteiger partial charge in [0.15, 0.2) is 0 Å². The van der Waals surface area contributed by atoms with Gasteiger partial charge in [0.2, 0.25) is 0 Å². The third-order valence-electron chi connectivity index (χ3n) is 2.98. The first-order valence-electron chi connectivity index (χ1n) is 6.19. The molecule has 1 unspecified atom stereocenters. The molecular weight excluding hydrogens is 249 g/mol. The Morgan fingerprint density at radius 3 is 3.00 bits per heavy atom. The summed E-state index contributed by atoms with van der Waals surface area (Å²) in [5, 5.41) is 0. The topological polar surface area (TPSA) is 68.5 Å². The number of aromatic nitrogens is 1. The summed E-state index contributed by atoms with van der Waals surface area (Å²) in [7, 11) is 0. The second-order valence-electron chi connectivity index (χ2n) is 5.31. The average molecular weight is 267 g/mol. The predicted octanol–water partition coefficient (Wildman–Crippen LogP) is 0.799. The zero-order valence-electron chi connectivity index (χ0n) is 11.1. The first kappa shape index (κ1) is 13.9. The average Bonchev–Trinajstić information content (AvgIpc) is 2.36. The lowest BCUT2D eigenvalue weighted by Crippen LogP contribution is -2.56. The predicted molar refractivity (Wildman–Crippen MR) is 68.1 cm³/mol. The SMILES string of the molecule is CC1(C)CN(C(=O)c2cncc(F)c2)CC(CN)O1. The highest BCUT2D eigenvalue weighted by Crippen LogP contribution is 2.22. The highest BCUT2D eigenvalue weighted by Gasteiger charge is 2.35. The van der Waals surface area contributed by atoms with Gasteiger partial charge in [-0.2, -0.15) is 0 Å². The van der Waals surface area contributed by atoms with E-state index in [1.165, 1.54) is 12.3 Å². The van der Waals surface area contributed by atoms with Crippen LogP contribution < -0.4 is 5.73 Å². The summed E-state index contributed by atoms with van der Waals surface area (Å²) in [6.45, 7) is 5.00. The minimum Gasteiger partial charge on any atom is -0.367 e. The van der Waals surface area contributed by atoms with E-state index in [1.807, 2.05) is 13.8 Å². The largest absolute Gasteiger partial charge is 0.367 e. The Kier molecular flexibility index (Phi) is 3.82. The summed E-state index contributed by atoms with van der Waals surface area (Å²) in [4.78, 5) is 17.7. The van der Waals surface area contributed by atoms with Crippen LogP contribution in [0.25, 0.3) is 0 Å². The maximum absolute atomic E-state index is 13.1. The molecule has 0 spiro atoms. The van der Waals surface area contributed by atoms with Crippen LogP contribution in [0.3, 0.4) is 0 Å². The van der Waals surface area contributed by atoms with E-state index >= 15 is 0 Å². The van der Waals surface area contributed by atoms with Crippen molar-refractivity contribution in [1.82, 2.24) is 9.88 Å². The molecule has 104 valence electrons. The van der Waals surface area contributed by atoms with Gasteiger partial charge in [-0.1, -0.05) is 0 Å². The number of hydrogen-bond donors (Lipinski definition) is 1. The van der Waals surface area contributed by atoms with E-state index in [2.05, 4.69) is 4.98 Å². The molecule has 2 N–H and O–H groups in total. The van der Waals surface area contributed by atoms with E-state index in [9.17, 15) is 9.18 Å². The molecule has 6 heteroatoms. The van der Waals surface area contributed by atoms with Gasteiger partial charge in [-0.15, -0.1) is 0 Å². The molecule has 1 aromatic heterocycles. The number of rotatable bonds is 2. The highest BCUT2D eigenvalue weighted by molar-refractivity contribution is 5.94. The van der Waals surface area contributed by atoms with E-state index in [-0.39, 0.29) is 17.6 Å². The van der Waals surface area contributed by atoms with Crippen molar-refractivity contribution < 1.29 is 13.9 Å². The second kappa shape index (κ2) is 5.22. The van der Waals surface area contributed by atoms with E-state index in [4.69, 9.17) is 10.5 Å². The van der Waals surface area contributed by atoms with Crippen molar-refractivity contribution in [2.24, 2.45) is 5.73 Å². The fraction of sp³-hybridized carbons (Fsp3) is 0.538. The normalized spacial score (nSPS) is 22.3. The number of ether oxygens (including phenoxy) is 1. The van der Waals surface area contributed by atoms with Gasteiger partial charge in [-0.05, 0) is 19.9 Å². The van der Waals surface area contributed by atoms with Crippen molar-refractivity contribution in [2.45, 2.75) is 25.6 Å². The van der Waals surface area contributed by atoms with Crippen molar-refractivity contribution in [1.29, 1.82) is 0 Å². The molecule has 2 rings (SSSR count). The fourth-order valence-corrected chi connectivity index (χ4v) is 2.28. The van der Waals surface area contributed by atoms with Crippen LogP contribution in [0.2, 0.25) is 0 Å². The smallest absolute Gasteiger partial charge is 0.255 e. The minimum atomic E-state index is -0.520. The fourth-order valence-electron chi connectivity index (χ4n) is 2.28. The lowest BCUT2D eigenvalue weighted by atomic mass is 10.0. The molecule has 19 heavy (non-hydrogen) atoms. The molecular formula is C13H18FN3O2. The van der Waals surface area contributed by atoms with Crippen molar-refractivity contribution >= 4 is 5.91 Å². The molecule has 0 radical (unpaired) electrons. The number of carbonyl (C=O) groups is 1. The second-order valence-corrected chi connectivity index (χ2v) is 5.31. The summed E-state index contributed by atoms with van der Waals surface area (Å²) in [6, 6.07) is 1.19. The lowest BCUT2D eigenvalue weighted by Gasteiger charge is -2.42. The molecule has 1 aliphatic heterocycles. The zero-order valence-corrected chi connectivity index (χ0v) is 11.1. The van der Waals surface area contributed by atoms with Crippen molar-refractivity contribution in [3.8, 4) is 0 Å². The standard InChI is InChI=1S/C13H18FN3O2/c1-13(2)8-17(7-11(4-15)19-13)12(18)9-3-10(14)6-16-5-9/h3,5-6,11H,4,7-8,15H2,1-2H3. The number of amides is 1. The van der Waals surface area contributed by atoms with Gasteiger partial charge < -0.3 is 15.4 Å². The van der Waals surface area contributed by atoms with Crippen LogP contribution in [0, 0.1) is 5.82 Å². The Morgan fingerprint density at radius 1 is 1.63 bits per heavy atom. The molecule has 0 aromatic carbocycles. The van der Waals surface area contributed by atoms with Crippen molar-refractivity contribution in [2.75, 3.05) is 19.6 Å². The molecule has 0 saturated carbocycles. The summed E-state index contributed by atoms with van der Waals surface area (Å²) < 4.78 is 18.9. The number of carbonyl (C=O) groups excluding carboxylic acids is 1. The third-order valence-corrected chi connectivity index (χ3v) is 2.98. The molecule has 1 aromatic rings. The van der Waals surface area contributed by atoms with Crippen LogP contribution in [0.15, 0.2) is 18.5 Å². The molecule has 1 fully saturated rings. The molecule has 0 bridgehead atoms. The molecule has 0 aliphatic carbocycles. The summed E-state index contributed by atoms with van der Waals surface area (Å²) in [5.41, 5.74) is 5.40. The third kappa shape index (κ3) is 3.27. The Bertz CT molecular complexity index is 479. The molecule has 1 amide bonds. The van der Waals surface area contributed by atoms with Gasteiger partial charge in [-0.25, -0.2) is 4.39 Å². The van der Waals surface area contributed by atoms with Gasteiger partial charge in [0.1, 0.15) is 5.82 Å². The Labute approximate surface area is 111 Å². The van der Waals surface area contributed by atoms with Gasteiger partial charge in [0.05, 0.1) is 23.5 Å². The van der Waals surface area contributed by atoms with Crippen LogP contribution >= 0.6 is 0 Å². The Morgan fingerprint density at radius 2 is 2.37 bits per heavy atom. The molecule has 5 nitrogen and oxygen atoms in total. The minimum absolute atomic E-state index is 0.200. The lowest BCUT2D eigenvalue weighted by molar-refractivity contribution is -0.122. The van der Waals surface area contributed by atoms with Crippen LogP contribution in [-0.4, -0.2) is 47.1 Å². The van der Waals surface area contributed by atoms with E-state index < -0.39 is 11.4 Å². The molecule has 1 saturated heterocycles. The van der Waals surface area contributed by atoms with Gasteiger partial charge >= 0.3 is 0 Å². The first-order valence-corrected chi connectivity index (χ1v) is 6.19. The van der Waals surface area contributed by atoms with Crippen LogP contribution in [-0.2, 0) is 4.74 Å². The van der Waals surface area contributed by atoms with Crippen LogP contribution in [0.1, 0.15) is 24.2 Å². The first-order chi connectivity index (χ1) is 8.91. The molecule has 2 heterocycles. The van der Waals surface area contributed by atoms with E-state index in [1.54, 1.807) is 4.90 Å². The number of nitrogens with zero attached hydrogens (tertiary/aromatic N) is 2. The number of pyridine rings is 1. The zero-order chi connectivity index (χ0) is 14.0. The monoisotopic (exact) mass is 267 g/mol. The summed E-state index contributed by atoms with van der Waals surface area (Å²) in [5.74, 6) is -0.768. The summed E-state index contributed by atoms with van der Waals surface area (Å²) in [6.07, 6.45) is 2.24. The molecule has 1 atom stereocenters. The van der Waals surface area contributed by atoms with Crippen LogP contribution in [0.5, 0.6) is 0 Å².